The largest absolute Gasteiger partial charge is 0.508 e. The van der Waals surface area contributed by atoms with Crippen molar-refractivity contribution in [2.75, 3.05) is 13.1 Å². The van der Waals surface area contributed by atoms with Gasteiger partial charge in [-0.05, 0) is 30.9 Å². The number of aromatic hydroxyl groups is 1. The van der Waals surface area contributed by atoms with Crippen LogP contribution in [0.25, 0.3) is 0 Å². The van der Waals surface area contributed by atoms with Crippen LogP contribution in [0, 0.1) is 11.7 Å². The number of likely N-dealkylation sites (tertiary alicyclic amines) is 1. The predicted molar refractivity (Wildman–Crippen MR) is 63.6 cm³/mol. The summed E-state index contributed by atoms with van der Waals surface area (Å²) < 4.78 is 13.5. The Morgan fingerprint density at radius 3 is 2.67 bits per heavy atom. The van der Waals surface area contributed by atoms with Gasteiger partial charge in [0.2, 0.25) is 0 Å². The lowest BCUT2D eigenvalue weighted by Gasteiger charge is -2.48. The molecule has 1 amide bonds. The van der Waals surface area contributed by atoms with Gasteiger partial charge in [-0.2, -0.15) is 0 Å². The van der Waals surface area contributed by atoms with Crippen molar-refractivity contribution < 1.29 is 14.3 Å². The Kier molecular flexibility index (Phi) is 2.35. The Bertz CT molecular complexity index is 508. The van der Waals surface area contributed by atoms with Crippen molar-refractivity contribution in [3.8, 4) is 5.75 Å². The third kappa shape index (κ3) is 1.75. The molecular weight excluding hydrogens is 235 g/mol. The molecule has 0 bridgehead atoms. The van der Waals surface area contributed by atoms with Crippen LogP contribution in [0.3, 0.4) is 0 Å². The number of benzene rings is 1. The van der Waals surface area contributed by atoms with Crippen LogP contribution in [0.2, 0.25) is 0 Å². The molecule has 4 nitrogen and oxygen atoms in total. The van der Waals surface area contributed by atoms with Crippen molar-refractivity contribution in [2.24, 2.45) is 11.7 Å². The first-order valence-electron chi connectivity index (χ1n) is 6.06. The van der Waals surface area contributed by atoms with E-state index in [0.717, 1.165) is 18.9 Å². The molecule has 2 fully saturated rings. The summed E-state index contributed by atoms with van der Waals surface area (Å²) in [5.74, 6) is -0.708. The Labute approximate surface area is 104 Å². The van der Waals surface area contributed by atoms with Crippen LogP contribution in [0.15, 0.2) is 18.2 Å². The fourth-order valence-electron chi connectivity index (χ4n) is 2.57. The Morgan fingerprint density at radius 1 is 1.44 bits per heavy atom. The monoisotopic (exact) mass is 250 g/mol. The average molecular weight is 250 g/mol. The fraction of sp³-hybridized carbons (Fsp3) is 0.462. The molecule has 0 atom stereocenters. The van der Waals surface area contributed by atoms with Gasteiger partial charge in [-0.1, -0.05) is 0 Å². The Morgan fingerprint density at radius 2 is 2.11 bits per heavy atom. The highest BCUT2D eigenvalue weighted by atomic mass is 19.1. The van der Waals surface area contributed by atoms with E-state index in [4.69, 9.17) is 10.8 Å². The van der Waals surface area contributed by atoms with Crippen LogP contribution >= 0.6 is 0 Å². The van der Waals surface area contributed by atoms with E-state index in [-0.39, 0.29) is 22.8 Å². The molecule has 1 aliphatic heterocycles. The predicted octanol–water partition coefficient (Wildman–Crippen LogP) is 1.09. The van der Waals surface area contributed by atoms with E-state index in [1.54, 1.807) is 4.90 Å². The number of carbonyl (C=O) groups is 1. The lowest BCUT2D eigenvalue weighted by atomic mass is 9.85. The lowest BCUT2D eigenvalue weighted by molar-refractivity contribution is 0.0346. The third-order valence-corrected chi connectivity index (χ3v) is 3.83. The number of carbonyl (C=O) groups excluding carboxylic acids is 1. The molecule has 0 spiro atoms. The highest BCUT2D eigenvalue weighted by Gasteiger charge is 2.51. The molecule has 1 aliphatic carbocycles. The maximum atomic E-state index is 13.5. The van der Waals surface area contributed by atoms with Gasteiger partial charge in [0.05, 0.1) is 11.1 Å². The van der Waals surface area contributed by atoms with Gasteiger partial charge in [0, 0.05) is 19.2 Å². The van der Waals surface area contributed by atoms with Crippen LogP contribution < -0.4 is 5.73 Å². The van der Waals surface area contributed by atoms with Gasteiger partial charge in [-0.3, -0.25) is 4.79 Å². The topological polar surface area (TPSA) is 66.6 Å². The maximum absolute atomic E-state index is 13.5. The van der Waals surface area contributed by atoms with Crippen LogP contribution in [0.4, 0.5) is 4.39 Å². The summed E-state index contributed by atoms with van der Waals surface area (Å²) in [5, 5.41) is 9.11. The minimum Gasteiger partial charge on any atom is -0.508 e. The summed E-state index contributed by atoms with van der Waals surface area (Å²) in [5.41, 5.74) is 5.88. The van der Waals surface area contributed by atoms with Crippen molar-refractivity contribution in [3.63, 3.8) is 0 Å². The SMILES string of the molecule is NC1(C2CC2)CN(C(=O)c2ccc(O)cc2F)C1. The number of halogens is 1. The number of hydrogen-bond acceptors (Lipinski definition) is 3. The molecule has 0 unspecified atom stereocenters. The normalized spacial score (nSPS) is 21.6. The molecule has 1 aromatic carbocycles. The van der Waals surface area contributed by atoms with Crippen LogP contribution in [0.5, 0.6) is 5.75 Å². The number of hydrogen-bond donors (Lipinski definition) is 2. The summed E-state index contributed by atoms with van der Waals surface area (Å²) in [6.07, 6.45) is 2.26. The van der Waals surface area contributed by atoms with Crippen molar-refractivity contribution in [2.45, 2.75) is 18.4 Å². The van der Waals surface area contributed by atoms with E-state index >= 15 is 0 Å². The first-order valence-corrected chi connectivity index (χ1v) is 6.06. The van der Waals surface area contributed by atoms with Gasteiger partial charge in [0.1, 0.15) is 11.6 Å². The van der Waals surface area contributed by atoms with Crippen molar-refractivity contribution in [1.29, 1.82) is 0 Å². The van der Waals surface area contributed by atoms with Gasteiger partial charge in [-0.15, -0.1) is 0 Å². The van der Waals surface area contributed by atoms with Crippen molar-refractivity contribution >= 4 is 5.91 Å². The van der Waals surface area contributed by atoms with E-state index in [9.17, 15) is 9.18 Å². The summed E-state index contributed by atoms with van der Waals surface area (Å²) in [6.45, 7) is 0.994. The van der Waals surface area contributed by atoms with Crippen LogP contribution in [-0.4, -0.2) is 34.5 Å². The molecule has 1 saturated carbocycles. The number of rotatable bonds is 2. The smallest absolute Gasteiger partial charge is 0.256 e. The summed E-state index contributed by atoms with van der Waals surface area (Å²) >= 11 is 0. The molecule has 96 valence electrons. The summed E-state index contributed by atoms with van der Waals surface area (Å²) in [4.78, 5) is 13.6. The molecule has 1 aromatic rings. The number of phenolic OH excluding ortho intramolecular Hbond substituents is 1. The van der Waals surface area contributed by atoms with Gasteiger partial charge in [0.15, 0.2) is 0 Å². The molecule has 2 aliphatic rings. The number of phenols is 1. The Hall–Kier alpha value is -1.62. The molecule has 5 heteroatoms. The van der Waals surface area contributed by atoms with Crippen molar-refractivity contribution in [3.05, 3.63) is 29.6 Å². The first-order chi connectivity index (χ1) is 8.49. The quantitative estimate of drug-likeness (QED) is 0.825. The molecule has 1 saturated heterocycles. The molecule has 1 heterocycles. The minimum absolute atomic E-state index is 0.00866. The lowest BCUT2D eigenvalue weighted by Crippen LogP contribution is -2.69. The second kappa shape index (κ2) is 3.68. The molecule has 3 rings (SSSR count). The first kappa shape index (κ1) is 11.5. The Balaban J connectivity index is 1.72. The van der Waals surface area contributed by atoms with E-state index in [1.165, 1.54) is 12.1 Å². The molecular formula is C13H15FN2O2. The van der Waals surface area contributed by atoms with Crippen molar-refractivity contribution in [1.82, 2.24) is 4.90 Å². The second-order valence-corrected chi connectivity index (χ2v) is 5.33. The van der Waals surface area contributed by atoms with Gasteiger partial charge in [0.25, 0.3) is 5.91 Å². The van der Waals surface area contributed by atoms with Gasteiger partial charge >= 0.3 is 0 Å². The standard InChI is InChI=1S/C13H15FN2O2/c14-11-5-9(17)3-4-10(11)12(18)16-6-13(15,7-16)8-1-2-8/h3-5,8,17H,1-2,6-7,15H2. The second-order valence-electron chi connectivity index (χ2n) is 5.33. The molecule has 3 N–H and O–H groups in total. The zero-order chi connectivity index (χ0) is 12.9. The summed E-state index contributed by atoms with van der Waals surface area (Å²) in [7, 11) is 0. The van der Waals surface area contributed by atoms with Gasteiger partial charge in [-0.25, -0.2) is 4.39 Å². The fourth-order valence-corrected chi connectivity index (χ4v) is 2.57. The molecule has 18 heavy (non-hydrogen) atoms. The third-order valence-electron chi connectivity index (χ3n) is 3.83. The average Bonchev–Trinajstić information content (AvgIpc) is 3.08. The number of nitrogens with two attached hydrogens (primary N) is 1. The van der Waals surface area contributed by atoms with Crippen LogP contribution in [0.1, 0.15) is 23.2 Å². The maximum Gasteiger partial charge on any atom is 0.256 e. The van der Waals surface area contributed by atoms with E-state index in [1.807, 2.05) is 0 Å². The highest BCUT2D eigenvalue weighted by molar-refractivity contribution is 5.95. The van der Waals surface area contributed by atoms with Gasteiger partial charge < -0.3 is 15.7 Å². The molecule has 0 aromatic heterocycles. The number of nitrogens with zero attached hydrogens (tertiary/aromatic N) is 1. The minimum atomic E-state index is -0.694. The molecule has 0 radical (unpaired) electrons. The van der Waals surface area contributed by atoms with E-state index in [2.05, 4.69) is 0 Å². The zero-order valence-electron chi connectivity index (χ0n) is 9.90. The highest BCUT2D eigenvalue weighted by Crippen LogP contribution is 2.43. The zero-order valence-corrected chi connectivity index (χ0v) is 9.90. The van der Waals surface area contributed by atoms with E-state index < -0.39 is 5.82 Å². The van der Waals surface area contributed by atoms with E-state index in [0.29, 0.717) is 19.0 Å². The van der Waals surface area contributed by atoms with Crippen LogP contribution in [-0.2, 0) is 0 Å². The number of amides is 1. The summed E-state index contributed by atoms with van der Waals surface area (Å²) in [6, 6.07) is 3.57.